The lowest BCUT2D eigenvalue weighted by Gasteiger charge is -2.12. The van der Waals surface area contributed by atoms with Crippen LogP contribution in [0.4, 0.5) is 5.82 Å². The van der Waals surface area contributed by atoms with Crippen LogP contribution in [0.15, 0.2) is 23.2 Å². The van der Waals surface area contributed by atoms with Crippen molar-refractivity contribution in [3.05, 3.63) is 28.8 Å². The van der Waals surface area contributed by atoms with Crippen molar-refractivity contribution in [2.45, 2.75) is 6.92 Å². The van der Waals surface area contributed by atoms with Crippen LogP contribution in [-0.2, 0) is 0 Å². The number of fused-ring (bicyclic) bond motifs is 1. The highest BCUT2D eigenvalue weighted by Crippen LogP contribution is 2.29. The summed E-state index contributed by atoms with van der Waals surface area (Å²) in [5, 5.41) is 0. The van der Waals surface area contributed by atoms with Crippen LogP contribution in [0, 0.1) is 0 Å². The van der Waals surface area contributed by atoms with Crippen LogP contribution in [0.2, 0.25) is 0 Å². The van der Waals surface area contributed by atoms with Gasteiger partial charge >= 0.3 is 0 Å². The minimum Gasteiger partial charge on any atom is -0.310 e. The minimum absolute atomic E-state index is 0.961. The van der Waals surface area contributed by atoms with Gasteiger partial charge in [0.15, 0.2) is 0 Å². The zero-order valence-electron chi connectivity index (χ0n) is 6.16. The Bertz CT molecular complexity index is 307. The van der Waals surface area contributed by atoms with E-state index in [0.29, 0.717) is 0 Å². The Labute approximate surface area is 69.9 Å². The van der Waals surface area contributed by atoms with Crippen LogP contribution in [-0.4, -0.2) is 4.98 Å². The second kappa shape index (κ2) is 2.58. The maximum atomic E-state index is 4.18. The topological polar surface area (TPSA) is 24.9 Å². The highest BCUT2D eigenvalue weighted by Gasteiger charge is 2.06. The number of allylic oxidation sites excluding steroid dienone is 1. The molecule has 2 nitrogen and oxygen atoms in total. The van der Waals surface area contributed by atoms with E-state index in [4.69, 9.17) is 0 Å². The van der Waals surface area contributed by atoms with Gasteiger partial charge in [-0.15, -0.1) is 0 Å². The Hall–Kier alpha value is -0.960. The van der Waals surface area contributed by atoms with Crippen LogP contribution in [0.25, 0.3) is 6.08 Å². The summed E-state index contributed by atoms with van der Waals surface area (Å²) >= 11 is 1.61. The average Bonchev–Trinajstić information content (AvgIpc) is 2.04. The van der Waals surface area contributed by atoms with E-state index in [1.807, 2.05) is 6.07 Å². The van der Waals surface area contributed by atoms with E-state index in [-0.39, 0.29) is 0 Å². The van der Waals surface area contributed by atoms with Crippen LogP contribution < -0.4 is 4.72 Å². The minimum atomic E-state index is 0.961. The van der Waals surface area contributed by atoms with Crippen molar-refractivity contribution in [1.29, 1.82) is 0 Å². The molecule has 1 aliphatic rings. The molecule has 0 radical (unpaired) electrons. The number of nitrogens with zero attached hydrogens (tertiary/aromatic N) is 1. The monoisotopic (exact) mass is 164 g/mol. The number of nitrogens with one attached hydrogen (secondary N) is 1. The van der Waals surface area contributed by atoms with E-state index in [1.54, 1.807) is 18.1 Å². The van der Waals surface area contributed by atoms with Gasteiger partial charge in [-0.05, 0) is 37.1 Å². The summed E-state index contributed by atoms with van der Waals surface area (Å²) in [7, 11) is 0. The largest absolute Gasteiger partial charge is 0.310 e. The van der Waals surface area contributed by atoms with Crippen molar-refractivity contribution >= 4 is 23.8 Å². The molecule has 0 atom stereocenters. The molecule has 0 spiro atoms. The molecule has 0 amide bonds. The first-order valence-corrected chi connectivity index (χ1v) is 4.24. The van der Waals surface area contributed by atoms with E-state index < -0.39 is 0 Å². The molecule has 2 heterocycles. The van der Waals surface area contributed by atoms with Crippen molar-refractivity contribution < 1.29 is 0 Å². The summed E-state index contributed by atoms with van der Waals surface area (Å²) < 4.78 is 3.15. The molecule has 0 fully saturated rings. The number of anilines is 1. The lowest BCUT2D eigenvalue weighted by atomic mass is 10.2. The van der Waals surface area contributed by atoms with Crippen molar-refractivity contribution in [2.24, 2.45) is 0 Å². The summed E-state index contributed by atoms with van der Waals surface area (Å²) in [6, 6.07) is 4.00. The molecule has 3 heteroatoms. The third-order valence-corrected chi connectivity index (χ3v) is 2.24. The molecule has 0 bridgehead atoms. The van der Waals surface area contributed by atoms with Crippen molar-refractivity contribution in [2.75, 3.05) is 4.72 Å². The van der Waals surface area contributed by atoms with Gasteiger partial charge in [0.25, 0.3) is 0 Å². The molecule has 0 saturated heterocycles. The van der Waals surface area contributed by atoms with E-state index in [0.717, 1.165) is 5.82 Å². The molecule has 0 unspecified atom stereocenters. The van der Waals surface area contributed by atoms with E-state index >= 15 is 0 Å². The standard InChI is InChI=1S/C8H8N2S/c1-6-5-7-3-2-4-9-8(7)10-11-6/h2-5H,1H3,(H,9,10). The zero-order valence-corrected chi connectivity index (χ0v) is 6.98. The van der Waals surface area contributed by atoms with Gasteiger partial charge in [0.1, 0.15) is 5.82 Å². The fourth-order valence-corrected chi connectivity index (χ4v) is 1.61. The molecular weight excluding hydrogens is 156 g/mol. The highest BCUT2D eigenvalue weighted by atomic mass is 32.2. The quantitative estimate of drug-likeness (QED) is 0.596. The fraction of sp³-hybridized carbons (Fsp3) is 0.125. The summed E-state index contributed by atoms with van der Waals surface area (Å²) in [6.45, 7) is 2.08. The van der Waals surface area contributed by atoms with Crippen LogP contribution >= 0.6 is 11.9 Å². The molecule has 0 saturated carbocycles. The highest BCUT2D eigenvalue weighted by molar-refractivity contribution is 8.04. The maximum absolute atomic E-state index is 4.18. The fourth-order valence-electron chi connectivity index (χ4n) is 0.997. The van der Waals surface area contributed by atoms with Crippen LogP contribution in [0.1, 0.15) is 12.5 Å². The molecule has 1 aromatic rings. The predicted molar refractivity (Wildman–Crippen MR) is 49.1 cm³/mol. The van der Waals surface area contributed by atoms with Gasteiger partial charge in [0.2, 0.25) is 0 Å². The third kappa shape index (κ3) is 1.24. The molecule has 56 valence electrons. The molecule has 1 N–H and O–H groups in total. The van der Waals surface area contributed by atoms with Crippen LogP contribution in [0.5, 0.6) is 0 Å². The molecule has 1 aliphatic heterocycles. The molecule has 11 heavy (non-hydrogen) atoms. The molecular formula is C8H8N2S. The number of aromatic nitrogens is 1. The van der Waals surface area contributed by atoms with E-state index in [2.05, 4.69) is 28.8 Å². The van der Waals surface area contributed by atoms with Gasteiger partial charge in [-0.25, -0.2) is 4.98 Å². The first-order chi connectivity index (χ1) is 5.36. The van der Waals surface area contributed by atoms with Gasteiger partial charge in [0.05, 0.1) is 0 Å². The smallest absolute Gasteiger partial charge is 0.143 e. The van der Waals surface area contributed by atoms with Crippen LogP contribution in [0.3, 0.4) is 0 Å². The Morgan fingerprint density at radius 3 is 3.36 bits per heavy atom. The first-order valence-electron chi connectivity index (χ1n) is 3.42. The van der Waals surface area contributed by atoms with Crippen molar-refractivity contribution in [3.63, 3.8) is 0 Å². The molecule has 0 aliphatic carbocycles. The van der Waals surface area contributed by atoms with Gasteiger partial charge in [-0.1, -0.05) is 0 Å². The molecule has 1 aromatic heterocycles. The Balaban J connectivity index is 2.51. The molecule has 2 rings (SSSR count). The predicted octanol–water partition coefficient (Wildman–Crippen LogP) is 2.52. The lowest BCUT2D eigenvalue weighted by molar-refractivity contribution is 1.32. The normalized spacial score (nSPS) is 14.8. The number of pyridine rings is 1. The van der Waals surface area contributed by atoms with Gasteiger partial charge in [-0.3, -0.25) is 0 Å². The Morgan fingerprint density at radius 2 is 2.45 bits per heavy atom. The first kappa shape index (κ1) is 6.73. The van der Waals surface area contributed by atoms with Crippen molar-refractivity contribution in [1.82, 2.24) is 4.98 Å². The Kier molecular flexibility index (Phi) is 1.58. The molecule has 0 aromatic carbocycles. The maximum Gasteiger partial charge on any atom is 0.143 e. The number of rotatable bonds is 0. The zero-order chi connectivity index (χ0) is 7.68. The van der Waals surface area contributed by atoms with E-state index in [9.17, 15) is 0 Å². The summed E-state index contributed by atoms with van der Waals surface area (Å²) in [5.74, 6) is 0.961. The number of hydrogen-bond acceptors (Lipinski definition) is 3. The second-order valence-electron chi connectivity index (χ2n) is 2.40. The average molecular weight is 164 g/mol. The SMILES string of the molecule is CC1=Cc2cccnc2NS1. The van der Waals surface area contributed by atoms with E-state index in [1.165, 1.54) is 10.5 Å². The third-order valence-electron chi connectivity index (χ3n) is 1.51. The number of hydrogen-bond donors (Lipinski definition) is 1. The lowest BCUT2D eigenvalue weighted by Crippen LogP contribution is -1.97. The van der Waals surface area contributed by atoms with Gasteiger partial charge in [-0.2, -0.15) is 0 Å². The summed E-state index contributed by atoms with van der Waals surface area (Å²) in [6.07, 6.45) is 3.92. The second-order valence-corrected chi connectivity index (χ2v) is 3.45. The summed E-state index contributed by atoms with van der Waals surface area (Å²) in [4.78, 5) is 5.45. The van der Waals surface area contributed by atoms with Gasteiger partial charge < -0.3 is 4.72 Å². The summed E-state index contributed by atoms with van der Waals surface area (Å²) in [5.41, 5.74) is 1.17. The Morgan fingerprint density at radius 1 is 1.55 bits per heavy atom. The van der Waals surface area contributed by atoms with Gasteiger partial charge in [0, 0.05) is 16.7 Å². The van der Waals surface area contributed by atoms with Crippen molar-refractivity contribution in [3.8, 4) is 0 Å².